The van der Waals surface area contributed by atoms with Crippen LogP contribution in [0.5, 0.6) is 0 Å². The molecule has 4 heteroatoms. The van der Waals surface area contributed by atoms with Gasteiger partial charge in [-0.3, -0.25) is 9.59 Å². The van der Waals surface area contributed by atoms with Crippen molar-refractivity contribution in [2.75, 3.05) is 26.2 Å². The van der Waals surface area contributed by atoms with Crippen LogP contribution in [-0.2, 0) is 9.59 Å². The molecule has 0 bridgehead atoms. The first-order chi connectivity index (χ1) is 11.7. The Morgan fingerprint density at radius 2 is 1.29 bits per heavy atom. The molecule has 136 valence electrons. The van der Waals surface area contributed by atoms with Gasteiger partial charge in [0.25, 0.3) is 0 Å². The summed E-state index contributed by atoms with van der Waals surface area (Å²) in [5.41, 5.74) is 0. The molecular formula is C20H34N2O2. The van der Waals surface area contributed by atoms with Crippen LogP contribution in [0.3, 0.4) is 0 Å². The predicted molar refractivity (Wildman–Crippen MR) is 95.5 cm³/mol. The normalized spacial score (nSPS) is 27.7. The molecular weight excluding hydrogens is 300 g/mol. The van der Waals surface area contributed by atoms with Crippen LogP contribution in [-0.4, -0.2) is 47.8 Å². The zero-order valence-electron chi connectivity index (χ0n) is 15.2. The molecule has 2 heterocycles. The maximum Gasteiger partial charge on any atom is 0.222 e. The average molecular weight is 335 g/mol. The van der Waals surface area contributed by atoms with E-state index in [4.69, 9.17) is 0 Å². The summed E-state index contributed by atoms with van der Waals surface area (Å²) in [6, 6.07) is 0. The molecule has 0 aromatic carbocycles. The molecule has 0 aromatic rings. The molecule has 1 aliphatic carbocycles. The Balaban J connectivity index is 1.31. The summed E-state index contributed by atoms with van der Waals surface area (Å²) in [6.45, 7) is 3.84. The quantitative estimate of drug-likeness (QED) is 0.721. The molecule has 0 aromatic heterocycles. The first-order valence-electron chi connectivity index (χ1n) is 10.3. The molecule has 0 spiro atoms. The maximum atomic E-state index is 12.4. The lowest BCUT2D eigenvalue weighted by Gasteiger charge is -2.41. The minimum atomic E-state index is 0.296. The first kappa shape index (κ1) is 17.8. The van der Waals surface area contributed by atoms with Crippen molar-refractivity contribution in [1.82, 2.24) is 9.80 Å². The van der Waals surface area contributed by atoms with Gasteiger partial charge in [0, 0.05) is 39.0 Å². The third kappa shape index (κ3) is 4.73. The van der Waals surface area contributed by atoms with Gasteiger partial charge in [-0.2, -0.15) is 0 Å². The molecule has 2 amide bonds. The summed E-state index contributed by atoms with van der Waals surface area (Å²) in [4.78, 5) is 28.7. The van der Waals surface area contributed by atoms with E-state index >= 15 is 0 Å². The van der Waals surface area contributed by atoms with E-state index in [1.54, 1.807) is 0 Å². The molecule has 3 fully saturated rings. The number of hydrogen-bond donors (Lipinski definition) is 0. The van der Waals surface area contributed by atoms with Crippen LogP contribution >= 0.6 is 0 Å². The largest absolute Gasteiger partial charge is 0.343 e. The lowest BCUT2D eigenvalue weighted by Crippen LogP contribution is -2.44. The molecule has 0 radical (unpaired) electrons. The van der Waals surface area contributed by atoms with Crippen LogP contribution in [0.25, 0.3) is 0 Å². The summed E-state index contributed by atoms with van der Waals surface area (Å²) in [6.07, 6.45) is 13.2. The fraction of sp³-hybridized carbons (Fsp3) is 0.900. The number of fused-ring (bicyclic) bond motifs is 1. The second-order valence-corrected chi connectivity index (χ2v) is 8.08. The molecule has 4 nitrogen and oxygen atoms in total. The monoisotopic (exact) mass is 334 g/mol. The highest BCUT2D eigenvalue weighted by Gasteiger charge is 2.32. The number of piperidine rings is 2. The number of nitrogens with zero attached hydrogens (tertiary/aromatic N) is 2. The van der Waals surface area contributed by atoms with Crippen molar-refractivity contribution < 1.29 is 9.59 Å². The van der Waals surface area contributed by atoms with Gasteiger partial charge in [-0.15, -0.1) is 0 Å². The van der Waals surface area contributed by atoms with Crippen LogP contribution in [0.15, 0.2) is 0 Å². The Kier molecular flexibility index (Phi) is 6.56. The summed E-state index contributed by atoms with van der Waals surface area (Å²) in [5.74, 6) is 2.26. The average Bonchev–Trinajstić information content (AvgIpc) is 2.65. The molecule has 3 aliphatic rings. The Morgan fingerprint density at radius 3 is 2.00 bits per heavy atom. The van der Waals surface area contributed by atoms with E-state index < -0.39 is 0 Å². The molecule has 24 heavy (non-hydrogen) atoms. The SMILES string of the molecule is O=C(CCCCC(=O)N1CCC2CCCCC2C1)N1CCCCC1. The van der Waals surface area contributed by atoms with Crippen molar-refractivity contribution in [2.24, 2.45) is 11.8 Å². The smallest absolute Gasteiger partial charge is 0.222 e. The van der Waals surface area contributed by atoms with Crippen molar-refractivity contribution in [1.29, 1.82) is 0 Å². The van der Waals surface area contributed by atoms with Gasteiger partial charge in [0.15, 0.2) is 0 Å². The third-order valence-electron chi connectivity index (χ3n) is 6.38. The van der Waals surface area contributed by atoms with Gasteiger partial charge in [-0.1, -0.05) is 19.3 Å². The van der Waals surface area contributed by atoms with E-state index in [-0.39, 0.29) is 0 Å². The van der Waals surface area contributed by atoms with Crippen LogP contribution in [0.1, 0.15) is 77.0 Å². The van der Waals surface area contributed by atoms with Gasteiger partial charge in [0.05, 0.1) is 0 Å². The van der Waals surface area contributed by atoms with E-state index in [1.165, 1.54) is 38.5 Å². The molecule has 2 aliphatic heterocycles. The second-order valence-electron chi connectivity index (χ2n) is 8.08. The summed E-state index contributed by atoms with van der Waals surface area (Å²) < 4.78 is 0. The molecule has 2 atom stereocenters. The van der Waals surface area contributed by atoms with Crippen LogP contribution in [0, 0.1) is 11.8 Å². The zero-order chi connectivity index (χ0) is 16.8. The van der Waals surface area contributed by atoms with E-state index in [9.17, 15) is 9.59 Å². The number of carbonyl (C=O) groups is 2. The number of amides is 2. The van der Waals surface area contributed by atoms with Crippen molar-refractivity contribution in [3.63, 3.8) is 0 Å². The van der Waals surface area contributed by atoms with Crippen molar-refractivity contribution >= 4 is 11.8 Å². The van der Waals surface area contributed by atoms with Crippen molar-refractivity contribution in [3.8, 4) is 0 Å². The minimum Gasteiger partial charge on any atom is -0.343 e. The van der Waals surface area contributed by atoms with Gasteiger partial charge in [0.2, 0.25) is 11.8 Å². The van der Waals surface area contributed by atoms with Crippen LogP contribution in [0.2, 0.25) is 0 Å². The number of unbranched alkanes of at least 4 members (excludes halogenated alkanes) is 1. The fourth-order valence-electron chi connectivity index (χ4n) is 4.84. The first-order valence-corrected chi connectivity index (χ1v) is 10.3. The van der Waals surface area contributed by atoms with E-state index in [2.05, 4.69) is 4.90 Å². The van der Waals surface area contributed by atoms with Crippen molar-refractivity contribution in [2.45, 2.75) is 77.0 Å². The highest BCUT2D eigenvalue weighted by atomic mass is 16.2. The summed E-state index contributed by atoms with van der Waals surface area (Å²) >= 11 is 0. The Hall–Kier alpha value is -1.06. The lowest BCUT2D eigenvalue weighted by atomic mass is 9.75. The molecule has 2 unspecified atom stereocenters. The topological polar surface area (TPSA) is 40.6 Å². The number of hydrogen-bond acceptors (Lipinski definition) is 2. The Morgan fingerprint density at radius 1 is 0.667 bits per heavy atom. The van der Waals surface area contributed by atoms with Gasteiger partial charge in [-0.05, 0) is 56.8 Å². The molecule has 2 saturated heterocycles. The minimum absolute atomic E-state index is 0.296. The number of likely N-dealkylation sites (tertiary alicyclic amines) is 2. The van der Waals surface area contributed by atoms with Gasteiger partial charge >= 0.3 is 0 Å². The predicted octanol–water partition coefficient (Wildman–Crippen LogP) is 3.60. The summed E-state index contributed by atoms with van der Waals surface area (Å²) in [5, 5.41) is 0. The van der Waals surface area contributed by atoms with Crippen LogP contribution < -0.4 is 0 Å². The molecule has 3 rings (SSSR count). The van der Waals surface area contributed by atoms with Gasteiger partial charge in [-0.25, -0.2) is 0 Å². The standard InChI is InChI=1S/C20H34N2O2/c23-19(21-13-6-1-7-14-21)10-4-5-11-20(24)22-15-12-17-8-2-3-9-18(17)16-22/h17-18H,1-16H2. The Bertz CT molecular complexity index is 431. The second kappa shape index (κ2) is 8.87. The lowest BCUT2D eigenvalue weighted by molar-refractivity contribution is -0.135. The van der Waals surface area contributed by atoms with Gasteiger partial charge < -0.3 is 9.80 Å². The van der Waals surface area contributed by atoms with Gasteiger partial charge in [0.1, 0.15) is 0 Å². The highest BCUT2D eigenvalue weighted by molar-refractivity contribution is 5.77. The zero-order valence-corrected chi connectivity index (χ0v) is 15.2. The van der Waals surface area contributed by atoms with Crippen LogP contribution in [0.4, 0.5) is 0 Å². The van der Waals surface area contributed by atoms with E-state index in [0.717, 1.165) is 63.7 Å². The summed E-state index contributed by atoms with van der Waals surface area (Å²) in [7, 11) is 0. The maximum absolute atomic E-state index is 12.4. The number of carbonyl (C=O) groups excluding carboxylic acids is 2. The fourth-order valence-corrected chi connectivity index (χ4v) is 4.84. The third-order valence-corrected chi connectivity index (χ3v) is 6.38. The highest BCUT2D eigenvalue weighted by Crippen LogP contribution is 2.36. The van der Waals surface area contributed by atoms with Crippen molar-refractivity contribution in [3.05, 3.63) is 0 Å². The number of rotatable bonds is 5. The Labute approximate surface area is 146 Å². The molecule has 0 N–H and O–H groups in total. The van der Waals surface area contributed by atoms with E-state index in [0.29, 0.717) is 24.7 Å². The molecule has 1 saturated carbocycles. The van der Waals surface area contributed by atoms with E-state index in [1.807, 2.05) is 4.90 Å².